The molecule has 5 heteroatoms. The number of hydrogen-bond acceptors (Lipinski definition) is 4. The van der Waals surface area contributed by atoms with Crippen LogP contribution in [0.25, 0.3) is 0 Å². The van der Waals surface area contributed by atoms with E-state index in [-0.39, 0.29) is 11.9 Å². The monoisotopic (exact) mass is 248 g/mol. The molecule has 1 aromatic rings. The van der Waals surface area contributed by atoms with Gasteiger partial charge in [-0.15, -0.1) is 0 Å². The Morgan fingerprint density at radius 3 is 3.00 bits per heavy atom. The maximum atomic E-state index is 11.8. The van der Waals surface area contributed by atoms with Crippen molar-refractivity contribution in [2.24, 2.45) is 5.73 Å². The molecule has 1 amide bonds. The van der Waals surface area contributed by atoms with Crippen LogP contribution < -0.4 is 16.0 Å². The van der Waals surface area contributed by atoms with E-state index in [4.69, 9.17) is 5.73 Å². The number of nitrogens with zero attached hydrogens (tertiary/aromatic N) is 2. The van der Waals surface area contributed by atoms with E-state index < -0.39 is 0 Å². The number of anilines is 1. The normalized spacial score (nSPS) is 19.8. The molecule has 1 aromatic heterocycles. The van der Waals surface area contributed by atoms with Gasteiger partial charge in [-0.3, -0.25) is 4.79 Å². The summed E-state index contributed by atoms with van der Waals surface area (Å²) in [4.78, 5) is 18.4. The molecule has 1 fully saturated rings. The molecule has 1 atom stereocenters. The number of amides is 1. The van der Waals surface area contributed by atoms with Gasteiger partial charge in [0.05, 0.1) is 0 Å². The number of rotatable bonds is 3. The third-order valence-corrected chi connectivity index (χ3v) is 3.33. The van der Waals surface area contributed by atoms with Crippen molar-refractivity contribution in [2.75, 3.05) is 18.0 Å². The molecule has 1 aliphatic heterocycles. The SMILES string of the molecule is CCC1C(=O)NCCN1c1ncc(CN)cc1C. The largest absolute Gasteiger partial charge is 0.353 e. The number of carbonyl (C=O) groups excluding carboxylic acids is 1. The van der Waals surface area contributed by atoms with Gasteiger partial charge in [-0.1, -0.05) is 6.92 Å². The lowest BCUT2D eigenvalue weighted by Crippen LogP contribution is -2.55. The van der Waals surface area contributed by atoms with E-state index in [1.54, 1.807) is 6.20 Å². The minimum Gasteiger partial charge on any atom is -0.353 e. The van der Waals surface area contributed by atoms with Gasteiger partial charge in [-0.2, -0.15) is 0 Å². The van der Waals surface area contributed by atoms with E-state index >= 15 is 0 Å². The third-order valence-electron chi connectivity index (χ3n) is 3.33. The Balaban J connectivity index is 2.31. The quantitative estimate of drug-likeness (QED) is 0.820. The fraction of sp³-hybridized carbons (Fsp3) is 0.538. The molecule has 98 valence electrons. The van der Waals surface area contributed by atoms with Crippen LogP contribution in [0.4, 0.5) is 5.82 Å². The first-order valence-electron chi connectivity index (χ1n) is 6.37. The number of aromatic nitrogens is 1. The molecule has 0 bridgehead atoms. The van der Waals surface area contributed by atoms with Crippen LogP contribution in [0.1, 0.15) is 24.5 Å². The molecule has 5 nitrogen and oxygen atoms in total. The van der Waals surface area contributed by atoms with Gasteiger partial charge in [-0.05, 0) is 30.5 Å². The van der Waals surface area contributed by atoms with E-state index in [9.17, 15) is 4.79 Å². The second-order valence-electron chi connectivity index (χ2n) is 4.60. The molecule has 0 spiro atoms. The van der Waals surface area contributed by atoms with Crippen molar-refractivity contribution in [3.63, 3.8) is 0 Å². The van der Waals surface area contributed by atoms with Gasteiger partial charge in [0.15, 0.2) is 0 Å². The minimum atomic E-state index is -0.117. The third kappa shape index (κ3) is 2.31. The summed E-state index contributed by atoms with van der Waals surface area (Å²) in [6.07, 6.45) is 2.58. The Labute approximate surface area is 107 Å². The van der Waals surface area contributed by atoms with E-state index in [0.29, 0.717) is 13.1 Å². The first-order valence-corrected chi connectivity index (χ1v) is 6.37. The molecule has 0 aromatic carbocycles. The zero-order valence-corrected chi connectivity index (χ0v) is 10.9. The molecule has 2 heterocycles. The smallest absolute Gasteiger partial charge is 0.242 e. The highest BCUT2D eigenvalue weighted by Gasteiger charge is 2.29. The average molecular weight is 248 g/mol. The van der Waals surface area contributed by atoms with Crippen molar-refractivity contribution in [3.05, 3.63) is 23.4 Å². The topological polar surface area (TPSA) is 71.2 Å². The number of piperazine rings is 1. The summed E-state index contributed by atoms with van der Waals surface area (Å²) in [5.74, 6) is 0.988. The number of nitrogens with two attached hydrogens (primary N) is 1. The highest BCUT2D eigenvalue weighted by molar-refractivity contribution is 5.86. The second kappa shape index (κ2) is 5.35. The Morgan fingerprint density at radius 1 is 1.61 bits per heavy atom. The van der Waals surface area contributed by atoms with Crippen molar-refractivity contribution in [1.29, 1.82) is 0 Å². The van der Waals surface area contributed by atoms with Crippen LogP contribution >= 0.6 is 0 Å². The first-order chi connectivity index (χ1) is 8.67. The molecule has 1 saturated heterocycles. The fourth-order valence-corrected chi connectivity index (χ4v) is 2.41. The van der Waals surface area contributed by atoms with E-state index in [1.807, 2.05) is 19.9 Å². The molecule has 1 aliphatic rings. The first kappa shape index (κ1) is 12.8. The van der Waals surface area contributed by atoms with Gasteiger partial charge in [0, 0.05) is 25.8 Å². The predicted octanol–water partition coefficient (Wildman–Crippen LogP) is 0.564. The van der Waals surface area contributed by atoms with Gasteiger partial charge in [0.25, 0.3) is 0 Å². The summed E-state index contributed by atoms with van der Waals surface area (Å²) in [6, 6.07) is 1.93. The number of aryl methyl sites for hydroxylation is 1. The summed E-state index contributed by atoms with van der Waals surface area (Å²) in [5.41, 5.74) is 7.70. The Kier molecular flexibility index (Phi) is 3.81. The van der Waals surface area contributed by atoms with E-state index in [0.717, 1.165) is 29.9 Å². The molecule has 2 rings (SSSR count). The van der Waals surface area contributed by atoms with Gasteiger partial charge >= 0.3 is 0 Å². The highest BCUT2D eigenvalue weighted by atomic mass is 16.2. The van der Waals surface area contributed by atoms with Crippen LogP contribution in [-0.4, -0.2) is 30.0 Å². The summed E-state index contributed by atoms with van der Waals surface area (Å²) in [5, 5.41) is 2.90. The number of carbonyl (C=O) groups is 1. The van der Waals surface area contributed by atoms with Crippen molar-refractivity contribution < 1.29 is 4.79 Å². The lowest BCUT2D eigenvalue weighted by molar-refractivity contribution is -0.123. The zero-order chi connectivity index (χ0) is 13.1. The summed E-state index contributed by atoms with van der Waals surface area (Å²) < 4.78 is 0. The Hall–Kier alpha value is -1.62. The van der Waals surface area contributed by atoms with Crippen molar-refractivity contribution in [1.82, 2.24) is 10.3 Å². The van der Waals surface area contributed by atoms with Crippen LogP contribution in [0, 0.1) is 6.92 Å². The Morgan fingerprint density at radius 2 is 2.39 bits per heavy atom. The Bertz CT molecular complexity index is 447. The highest BCUT2D eigenvalue weighted by Crippen LogP contribution is 2.22. The lowest BCUT2D eigenvalue weighted by Gasteiger charge is -2.36. The number of nitrogens with one attached hydrogen (secondary N) is 1. The van der Waals surface area contributed by atoms with Gasteiger partial charge in [0.2, 0.25) is 5.91 Å². The molecule has 18 heavy (non-hydrogen) atoms. The molecule has 1 unspecified atom stereocenters. The molecular formula is C13H20N4O. The van der Waals surface area contributed by atoms with E-state index in [2.05, 4.69) is 15.2 Å². The van der Waals surface area contributed by atoms with Gasteiger partial charge < -0.3 is 16.0 Å². The van der Waals surface area contributed by atoms with Gasteiger partial charge in [0.1, 0.15) is 11.9 Å². The summed E-state index contributed by atoms with van der Waals surface area (Å²) in [7, 11) is 0. The predicted molar refractivity (Wildman–Crippen MR) is 71.3 cm³/mol. The molecule has 0 radical (unpaired) electrons. The maximum absolute atomic E-state index is 11.8. The van der Waals surface area contributed by atoms with Crippen LogP contribution in [0.15, 0.2) is 12.3 Å². The van der Waals surface area contributed by atoms with Gasteiger partial charge in [-0.25, -0.2) is 4.98 Å². The maximum Gasteiger partial charge on any atom is 0.242 e. The van der Waals surface area contributed by atoms with E-state index in [1.165, 1.54) is 0 Å². The van der Waals surface area contributed by atoms with Crippen molar-refractivity contribution in [3.8, 4) is 0 Å². The molecule has 0 aliphatic carbocycles. The number of pyridine rings is 1. The van der Waals surface area contributed by atoms with Crippen molar-refractivity contribution in [2.45, 2.75) is 32.9 Å². The van der Waals surface area contributed by atoms with Crippen LogP contribution in [0.2, 0.25) is 0 Å². The second-order valence-corrected chi connectivity index (χ2v) is 4.60. The average Bonchev–Trinajstić information content (AvgIpc) is 2.38. The summed E-state index contributed by atoms with van der Waals surface area (Å²) in [6.45, 7) is 6.01. The van der Waals surface area contributed by atoms with Crippen molar-refractivity contribution >= 4 is 11.7 Å². The molecule has 0 saturated carbocycles. The van der Waals surface area contributed by atoms with Crippen LogP contribution in [0.5, 0.6) is 0 Å². The molecule has 3 N–H and O–H groups in total. The fourth-order valence-electron chi connectivity index (χ4n) is 2.41. The zero-order valence-electron chi connectivity index (χ0n) is 10.9. The lowest BCUT2D eigenvalue weighted by atomic mass is 10.1. The summed E-state index contributed by atoms with van der Waals surface area (Å²) >= 11 is 0. The van der Waals surface area contributed by atoms with Crippen LogP contribution in [-0.2, 0) is 11.3 Å². The standard InChI is InChI=1S/C13H20N4O/c1-3-11-13(18)15-4-5-17(11)12-9(2)6-10(7-14)8-16-12/h6,8,11H,3-5,7,14H2,1-2H3,(H,15,18). The number of hydrogen-bond donors (Lipinski definition) is 2. The van der Waals surface area contributed by atoms with Crippen LogP contribution in [0.3, 0.4) is 0 Å². The minimum absolute atomic E-state index is 0.0906. The molecular weight excluding hydrogens is 228 g/mol.